The summed E-state index contributed by atoms with van der Waals surface area (Å²) in [5, 5.41) is 28.7. The third-order valence-corrected chi connectivity index (χ3v) is 2.80. The highest BCUT2D eigenvalue weighted by molar-refractivity contribution is 5.28. The molecule has 2 aromatic carbocycles. The van der Waals surface area contributed by atoms with Gasteiger partial charge in [-0.1, -0.05) is 30.3 Å². The molecule has 4 nitrogen and oxygen atoms in total. The molecule has 0 amide bonds. The number of aliphatic hydroxyl groups excluding tert-OH is 2. The highest BCUT2D eigenvalue weighted by Gasteiger charge is 2.22. The van der Waals surface area contributed by atoms with Gasteiger partial charge >= 0.3 is 0 Å². The molecule has 2 unspecified atom stereocenters. The number of hydrogen-bond acceptors (Lipinski definition) is 4. The van der Waals surface area contributed by atoms with Crippen LogP contribution in [-0.4, -0.2) is 28.0 Å². The van der Waals surface area contributed by atoms with E-state index in [1.807, 2.05) is 18.2 Å². The molecule has 19 heavy (non-hydrogen) atoms. The van der Waals surface area contributed by atoms with Gasteiger partial charge in [-0.05, 0) is 29.8 Å². The van der Waals surface area contributed by atoms with Gasteiger partial charge in [-0.15, -0.1) is 0 Å². The molecule has 0 aliphatic heterocycles. The van der Waals surface area contributed by atoms with Crippen LogP contribution in [0.2, 0.25) is 0 Å². The smallest absolute Gasteiger partial charge is 0.152 e. The number of benzene rings is 2. The van der Waals surface area contributed by atoms with Gasteiger partial charge in [-0.2, -0.15) is 0 Å². The Bertz CT molecular complexity index is 495. The summed E-state index contributed by atoms with van der Waals surface area (Å²) < 4.78 is 5.55. The fourth-order valence-corrected chi connectivity index (χ4v) is 1.76. The van der Waals surface area contributed by atoms with Crippen molar-refractivity contribution in [1.82, 2.24) is 0 Å². The van der Waals surface area contributed by atoms with Crippen LogP contribution in [0.25, 0.3) is 0 Å². The van der Waals surface area contributed by atoms with Gasteiger partial charge in [-0.25, -0.2) is 0 Å². The molecule has 0 aliphatic carbocycles. The van der Waals surface area contributed by atoms with Crippen molar-refractivity contribution in [1.29, 1.82) is 0 Å². The van der Waals surface area contributed by atoms with E-state index < -0.39 is 12.2 Å². The minimum atomic E-state index is -0.967. The molecule has 4 heteroatoms. The number of hydrogen-bond donors (Lipinski definition) is 3. The van der Waals surface area contributed by atoms with Crippen LogP contribution in [0.4, 0.5) is 0 Å². The summed E-state index contributed by atoms with van der Waals surface area (Å²) in [5.74, 6) is 0.708. The van der Waals surface area contributed by atoms with E-state index in [0.29, 0.717) is 11.3 Å². The van der Waals surface area contributed by atoms with Crippen LogP contribution in [-0.2, 0) is 0 Å². The maximum Gasteiger partial charge on any atom is 0.152 e. The maximum absolute atomic E-state index is 10.2. The normalized spacial score (nSPS) is 13.8. The van der Waals surface area contributed by atoms with E-state index in [4.69, 9.17) is 4.74 Å². The monoisotopic (exact) mass is 260 g/mol. The Morgan fingerprint density at radius 1 is 0.947 bits per heavy atom. The first-order chi connectivity index (χ1) is 9.20. The second-order valence-electron chi connectivity index (χ2n) is 4.19. The second-order valence-corrected chi connectivity index (χ2v) is 4.19. The number of para-hydroxylation sites is 1. The quantitative estimate of drug-likeness (QED) is 0.767. The summed E-state index contributed by atoms with van der Waals surface area (Å²) in [6.07, 6.45) is -1.72. The van der Waals surface area contributed by atoms with Gasteiger partial charge in [0.25, 0.3) is 0 Å². The van der Waals surface area contributed by atoms with E-state index in [1.54, 1.807) is 24.3 Å². The topological polar surface area (TPSA) is 69.9 Å². The zero-order valence-electron chi connectivity index (χ0n) is 10.3. The van der Waals surface area contributed by atoms with E-state index >= 15 is 0 Å². The molecule has 3 N–H and O–H groups in total. The number of phenols is 1. The van der Waals surface area contributed by atoms with Gasteiger partial charge in [0.15, 0.2) is 6.10 Å². The number of aromatic hydroxyl groups is 1. The number of aliphatic hydroxyl groups is 2. The van der Waals surface area contributed by atoms with Crippen molar-refractivity contribution in [3.63, 3.8) is 0 Å². The molecule has 0 fully saturated rings. The van der Waals surface area contributed by atoms with Crippen LogP contribution >= 0.6 is 0 Å². The first-order valence-corrected chi connectivity index (χ1v) is 6.00. The summed E-state index contributed by atoms with van der Waals surface area (Å²) >= 11 is 0. The van der Waals surface area contributed by atoms with Crippen LogP contribution < -0.4 is 4.74 Å². The summed E-state index contributed by atoms with van der Waals surface area (Å²) in [6.45, 7) is -0.309. The lowest BCUT2D eigenvalue weighted by Crippen LogP contribution is -2.29. The van der Waals surface area contributed by atoms with Crippen molar-refractivity contribution in [2.45, 2.75) is 12.2 Å². The first kappa shape index (κ1) is 13.4. The first-order valence-electron chi connectivity index (χ1n) is 6.00. The highest BCUT2D eigenvalue weighted by atomic mass is 16.5. The molecule has 0 heterocycles. The van der Waals surface area contributed by atoms with Gasteiger partial charge in [-0.3, -0.25) is 0 Å². The predicted octanol–water partition coefficient (Wildman–Crippen LogP) is 1.87. The van der Waals surface area contributed by atoms with Gasteiger partial charge in [0.1, 0.15) is 17.6 Å². The highest BCUT2D eigenvalue weighted by Crippen LogP contribution is 2.23. The van der Waals surface area contributed by atoms with E-state index in [1.165, 1.54) is 12.1 Å². The average molecular weight is 260 g/mol. The van der Waals surface area contributed by atoms with Crippen molar-refractivity contribution in [3.8, 4) is 11.5 Å². The molecule has 2 atom stereocenters. The molecule has 0 radical (unpaired) electrons. The molecular weight excluding hydrogens is 244 g/mol. The molecule has 0 saturated heterocycles. The predicted molar refractivity (Wildman–Crippen MR) is 71.0 cm³/mol. The van der Waals surface area contributed by atoms with Crippen LogP contribution in [0.15, 0.2) is 54.6 Å². The molecule has 0 saturated carbocycles. The zero-order chi connectivity index (χ0) is 13.7. The fourth-order valence-electron chi connectivity index (χ4n) is 1.76. The van der Waals surface area contributed by atoms with Crippen LogP contribution in [0.5, 0.6) is 11.5 Å². The zero-order valence-corrected chi connectivity index (χ0v) is 10.3. The lowest BCUT2D eigenvalue weighted by molar-refractivity contribution is 0.000760. The Balaban J connectivity index is 2.11. The van der Waals surface area contributed by atoms with Crippen LogP contribution in [0, 0.1) is 0 Å². The Morgan fingerprint density at radius 2 is 1.58 bits per heavy atom. The minimum absolute atomic E-state index is 0.125. The van der Waals surface area contributed by atoms with Gasteiger partial charge in [0, 0.05) is 0 Å². The van der Waals surface area contributed by atoms with Crippen LogP contribution in [0.1, 0.15) is 11.7 Å². The second kappa shape index (κ2) is 6.22. The molecule has 0 aromatic heterocycles. The number of ether oxygens (including phenoxy) is 1. The number of phenolic OH excluding ortho intramolecular Hbond substituents is 1. The van der Waals surface area contributed by atoms with Gasteiger partial charge in [0.05, 0.1) is 6.61 Å². The molecular formula is C15H16O4. The summed E-state index contributed by atoms with van der Waals surface area (Å²) in [5.41, 5.74) is 0.577. The van der Waals surface area contributed by atoms with Crippen molar-refractivity contribution in [2.24, 2.45) is 0 Å². The summed E-state index contributed by atoms with van der Waals surface area (Å²) in [7, 11) is 0. The van der Waals surface area contributed by atoms with Crippen molar-refractivity contribution in [3.05, 3.63) is 60.2 Å². The molecule has 100 valence electrons. The molecule has 2 aromatic rings. The lowest BCUT2D eigenvalue weighted by atomic mass is 10.0. The molecule has 0 aliphatic rings. The van der Waals surface area contributed by atoms with Crippen molar-refractivity contribution < 1.29 is 20.1 Å². The standard InChI is InChI=1S/C15H16O4/c16-10-14(19-13-4-2-1-3-5-13)15(18)11-6-8-12(17)9-7-11/h1-9,14-18H,10H2. The fraction of sp³-hybridized carbons (Fsp3) is 0.200. The largest absolute Gasteiger partial charge is 0.508 e. The Labute approximate surface area is 111 Å². The SMILES string of the molecule is OCC(Oc1ccccc1)C(O)c1ccc(O)cc1. The Hall–Kier alpha value is -2.04. The van der Waals surface area contributed by atoms with Crippen LogP contribution in [0.3, 0.4) is 0 Å². The molecule has 0 bridgehead atoms. The lowest BCUT2D eigenvalue weighted by Gasteiger charge is -2.22. The Kier molecular flexibility index (Phi) is 4.39. The van der Waals surface area contributed by atoms with E-state index in [-0.39, 0.29) is 12.4 Å². The maximum atomic E-state index is 10.2. The van der Waals surface area contributed by atoms with Crippen molar-refractivity contribution in [2.75, 3.05) is 6.61 Å². The molecule has 0 spiro atoms. The third kappa shape index (κ3) is 3.47. The average Bonchev–Trinajstić information content (AvgIpc) is 2.46. The van der Waals surface area contributed by atoms with Crippen molar-refractivity contribution >= 4 is 0 Å². The summed E-state index contributed by atoms with van der Waals surface area (Å²) in [6, 6.07) is 15.2. The van der Waals surface area contributed by atoms with E-state index in [0.717, 1.165) is 0 Å². The summed E-state index contributed by atoms with van der Waals surface area (Å²) in [4.78, 5) is 0. The van der Waals surface area contributed by atoms with Gasteiger partial charge < -0.3 is 20.1 Å². The van der Waals surface area contributed by atoms with E-state index in [2.05, 4.69) is 0 Å². The minimum Gasteiger partial charge on any atom is -0.508 e. The Morgan fingerprint density at radius 3 is 2.16 bits per heavy atom. The van der Waals surface area contributed by atoms with Gasteiger partial charge in [0.2, 0.25) is 0 Å². The number of rotatable bonds is 5. The third-order valence-electron chi connectivity index (χ3n) is 2.80. The van der Waals surface area contributed by atoms with E-state index in [9.17, 15) is 15.3 Å². The molecule has 2 rings (SSSR count).